The van der Waals surface area contributed by atoms with E-state index in [-0.39, 0.29) is 18.3 Å². The summed E-state index contributed by atoms with van der Waals surface area (Å²) >= 11 is 0. The Hall–Kier alpha value is -4.15. The van der Waals surface area contributed by atoms with Gasteiger partial charge < -0.3 is 19.1 Å². The van der Waals surface area contributed by atoms with E-state index in [0.29, 0.717) is 31.1 Å². The number of carboxylic acids is 1. The van der Waals surface area contributed by atoms with Crippen LogP contribution in [0.2, 0.25) is 0 Å². The number of pyridine rings is 1. The number of rotatable bonds is 9. The van der Waals surface area contributed by atoms with E-state index in [2.05, 4.69) is 20.5 Å². The van der Waals surface area contributed by atoms with Crippen LogP contribution in [0, 0.1) is 11.6 Å². The molecule has 2 aliphatic heterocycles. The Balaban J connectivity index is 1.15. The zero-order valence-corrected chi connectivity index (χ0v) is 21.7. The minimum Gasteiger partial charge on any atom is -0.478 e. The van der Waals surface area contributed by atoms with Crippen LogP contribution < -0.4 is 4.74 Å². The molecule has 2 aromatic heterocycles. The molecule has 40 heavy (non-hydrogen) atoms. The molecular weight excluding hydrogens is 518 g/mol. The Labute approximate surface area is 229 Å². The van der Waals surface area contributed by atoms with Gasteiger partial charge in [-0.25, -0.2) is 23.5 Å². The summed E-state index contributed by atoms with van der Waals surface area (Å²) in [6, 6.07) is 13.8. The topological polar surface area (TPSA) is 89.7 Å². The van der Waals surface area contributed by atoms with Crippen LogP contribution in [-0.4, -0.2) is 56.3 Å². The van der Waals surface area contributed by atoms with Gasteiger partial charge in [-0.05, 0) is 60.4 Å². The van der Waals surface area contributed by atoms with Crippen LogP contribution in [0.25, 0.3) is 16.6 Å². The first kappa shape index (κ1) is 26.1. The number of ether oxygens (including phenoxy) is 2. The first-order valence-corrected chi connectivity index (χ1v) is 13.2. The second-order valence-corrected chi connectivity index (χ2v) is 10.1. The largest absolute Gasteiger partial charge is 0.478 e. The third-order valence-corrected chi connectivity index (χ3v) is 7.27. The molecular formula is C30H28F2N4O4. The van der Waals surface area contributed by atoms with E-state index in [0.717, 1.165) is 60.2 Å². The summed E-state index contributed by atoms with van der Waals surface area (Å²) in [6.45, 7) is 3.52. The molecule has 0 spiro atoms. The second-order valence-electron chi connectivity index (χ2n) is 10.1. The van der Waals surface area contributed by atoms with Crippen molar-refractivity contribution in [2.75, 3.05) is 19.7 Å². The van der Waals surface area contributed by atoms with Gasteiger partial charge in [0.05, 0.1) is 41.5 Å². The maximum absolute atomic E-state index is 13.5. The number of aromatic carboxylic acids is 1. The summed E-state index contributed by atoms with van der Waals surface area (Å²) in [4.78, 5) is 23.3. The zero-order chi connectivity index (χ0) is 27.6. The van der Waals surface area contributed by atoms with Gasteiger partial charge in [0, 0.05) is 31.8 Å². The van der Waals surface area contributed by atoms with Crippen molar-refractivity contribution in [3.8, 4) is 5.88 Å². The molecule has 10 heteroatoms. The number of hydrogen-bond donors (Lipinski definition) is 1. The van der Waals surface area contributed by atoms with Crippen molar-refractivity contribution in [2.45, 2.75) is 38.6 Å². The van der Waals surface area contributed by atoms with Crippen LogP contribution in [0.1, 0.15) is 40.3 Å². The molecule has 0 aliphatic carbocycles. The number of halogens is 2. The van der Waals surface area contributed by atoms with E-state index in [1.54, 1.807) is 24.3 Å². The number of benzene rings is 2. The molecule has 8 nitrogen and oxygen atoms in total. The van der Waals surface area contributed by atoms with E-state index in [9.17, 15) is 18.7 Å². The molecule has 2 aliphatic rings. The number of carboxylic acid groups (broad SMARTS) is 1. The van der Waals surface area contributed by atoms with Gasteiger partial charge in [0.15, 0.2) is 0 Å². The summed E-state index contributed by atoms with van der Waals surface area (Å²) in [5.74, 6) is -0.982. The first-order chi connectivity index (χ1) is 19.4. The van der Waals surface area contributed by atoms with Crippen molar-refractivity contribution in [1.82, 2.24) is 19.4 Å². The van der Waals surface area contributed by atoms with Gasteiger partial charge >= 0.3 is 5.97 Å². The smallest absolute Gasteiger partial charge is 0.335 e. The maximum atomic E-state index is 13.5. The monoisotopic (exact) mass is 546 g/mol. The summed E-state index contributed by atoms with van der Waals surface area (Å²) in [5, 5.41) is 9.47. The van der Waals surface area contributed by atoms with Gasteiger partial charge in [0.1, 0.15) is 24.1 Å². The summed E-state index contributed by atoms with van der Waals surface area (Å²) in [7, 11) is 0. The first-order valence-electron chi connectivity index (χ1n) is 13.2. The van der Waals surface area contributed by atoms with Gasteiger partial charge in [0.2, 0.25) is 5.88 Å². The lowest BCUT2D eigenvalue weighted by molar-refractivity contribution is -0.0591. The van der Waals surface area contributed by atoms with Crippen molar-refractivity contribution < 1.29 is 28.2 Å². The van der Waals surface area contributed by atoms with Gasteiger partial charge in [-0.2, -0.15) is 0 Å². The fourth-order valence-electron chi connectivity index (χ4n) is 5.08. The summed E-state index contributed by atoms with van der Waals surface area (Å²) in [5.41, 5.74) is 4.11. The van der Waals surface area contributed by atoms with E-state index in [1.807, 2.05) is 12.1 Å². The van der Waals surface area contributed by atoms with Crippen LogP contribution in [-0.2, 0) is 24.4 Å². The number of nitrogens with zero attached hydrogens (tertiary/aromatic N) is 4. The van der Waals surface area contributed by atoms with Crippen molar-refractivity contribution in [3.05, 3.63) is 95.0 Å². The minimum atomic E-state index is -0.962. The van der Waals surface area contributed by atoms with Gasteiger partial charge in [0.25, 0.3) is 0 Å². The third kappa shape index (κ3) is 5.73. The maximum Gasteiger partial charge on any atom is 0.335 e. The predicted molar refractivity (Wildman–Crippen MR) is 144 cm³/mol. The highest BCUT2D eigenvalue weighted by Gasteiger charge is 2.24. The van der Waals surface area contributed by atoms with Crippen molar-refractivity contribution >= 4 is 22.6 Å². The summed E-state index contributed by atoms with van der Waals surface area (Å²) < 4.78 is 40.4. The average Bonchev–Trinajstić information content (AvgIpc) is 3.25. The van der Waals surface area contributed by atoms with Crippen molar-refractivity contribution in [3.63, 3.8) is 0 Å². The Bertz CT molecular complexity index is 1580. The molecule has 0 unspecified atom stereocenters. The fraction of sp³-hybridized carbons (Fsp3) is 0.300. The normalized spacial score (nSPS) is 17.4. The highest BCUT2D eigenvalue weighted by Crippen LogP contribution is 2.26. The fourth-order valence-corrected chi connectivity index (χ4v) is 5.08. The molecule has 206 valence electrons. The number of hydrogen-bond acceptors (Lipinski definition) is 6. The molecule has 0 bridgehead atoms. The lowest BCUT2D eigenvalue weighted by atomic mass is 10.0. The Morgan fingerprint density at radius 2 is 1.93 bits per heavy atom. The summed E-state index contributed by atoms with van der Waals surface area (Å²) in [6.07, 6.45) is 4.00. The molecule has 4 heterocycles. The van der Waals surface area contributed by atoms with Crippen LogP contribution in [0.15, 0.2) is 60.7 Å². The van der Waals surface area contributed by atoms with E-state index in [4.69, 9.17) is 14.5 Å². The molecule has 6 rings (SSSR count). The molecule has 0 radical (unpaired) electrons. The number of imidazole rings is 1. The predicted octanol–water partition coefficient (Wildman–Crippen LogP) is 5.06. The highest BCUT2D eigenvalue weighted by molar-refractivity contribution is 5.92. The molecule has 2 aromatic carbocycles. The average molecular weight is 547 g/mol. The molecule has 1 fully saturated rings. The van der Waals surface area contributed by atoms with Gasteiger partial charge in [-0.15, -0.1) is 0 Å². The standard InChI is InChI=1S/C30H28F2N4O4/c31-22-12-19(13-23(32)15-22)18-40-29-3-1-2-25(34-29)20-6-9-35(10-7-20)17-28-33-26-5-4-21(30(37)38)14-27(26)36(28)16-24-8-11-39-24/h1-6,12-15,24H,7-11,16-18H2,(H,37,38)/t24-/m0/s1. The number of carbonyl (C=O) groups is 1. The molecule has 4 aromatic rings. The lowest BCUT2D eigenvalue weighted by Crippen LogP contribution is -2.33. The van der Waals surface area contributed by atoms with Crippen LogP contribution in [0.3, 0.4) is 0 Å². The Morgan fingerprint density at radius 1 is 1.10 bits per heavy atom. The van der Waals surface area contributed by atoms with E-state index in [1.165, 1.54) is 12.1 Å². The quantitative estimate of drug-likeness (QED) is 0.314. The molecule has 0 saturated carbocycles. The number of aromatic nitrogens is 3. The Kier molecular flexibility index (Phi) is 7.27. The highest BCUT2D eigenvalue weighted by atomic mass is 19.1. The Morgan fingerprint density at radius 3 is 2.62 bits per heavy atom. The van der Waals surface area contributed by atoms with E-state index < -0.39 is 17.6 Å². The molecule has 0 amide bonds. The third-order valence-electron chi connectivity index (χ3n) is 7.27. The molecule has 1 saturated heterocycles. The van der Waals surface area contributed by atoms with Gasteiger partial charge in [-0.1, -0.05) is 12.1 Å². The molecule has 1 atom stereocenters. The van der Waals surface area contributed by atoms with Crippen LogP contribution in [0.5, 0.6) is 5.88 Å². The lowest BCUT2D eigenvalue weighted by Gasteiger charge is -2.29. The molecule has 1 N–H and O–H groups in total. The van der Waals surface area contributed by atoms with Crippen LogP contribution >= 0.6 is 0 Å². The van der Waals surface area contributed by atoms with Gasteiger partial charge in [-0.3, -0.25) is 4.90 Å². The SMILES string of the molecule is O=C(O)c1ccc2nc(CN3CC=C(c4cccc(OCc5cc(F)cc(F)c5)n4)CC3)n(C[C@@H]3CCO3)c2c1. The zero-order valence-electron chi connectivity index (χ0n) is 21.7. The minimum absolute atomic E-state index is 0.0127. The van der Waals surface area contributed by atoms with Crippen molar-refractivity contribution in [2.24, 2.45) is 0 Å². The van der Waals surface area contributed by atoms with E-state index >= 15 is 0 Å². The van der Waals surface area contributed by atoms with Crippen molar-refractivity contribution in [1.29, 1.82) is 0 Å². The second kappa shape index (κ2) is 11.1. The number of fused-ring (bicyclic) bond motifs is 1. The van der Waals surface area contributed by atoms with Crippen LogP contribution in [0.4, 0.5) is 8.78 Å².